The molecule has 49 heavy (non-hydrogen) atoms. The number of halogens is 4. The summed E-state index contributed by atoms with van der Waals surface area (Å²) in [4.78, 5) is 15.4. The summed E-state index contributed by atoms with van der Waals surface area (Å²) in [6.07, 6.45) is 0.624. The zero-order valence-electron chi connectivity index (χ0n) is 29.0. The van der Waals surface area contributed by atoms with Crippen molar-refractivity contribution in [1.82, 2.24) is 19.9 Å². The highest BCUT2D eigenvalue weighted by Crippen LogP contribution is 2.42. The van der Waals surface area contributed by atoms with Gasteiger partial charge in [-0.25, -0.2) is 4.39 Å². The van der Waals surface area contributed by atoms with Gasteiger partial charge in [0.25, 0.3) is 0 Å². The summed E-state index contributed by atoms with van der Waals surface area (Å²) in [5, 5.41) is 1.55. The number of nitrogens with zero attached hydrogens (tertiary/aromatic N) is 4. The molecule has 6 nitrogen and oxygen atoms in total. The van der Waals surface area contributed by atoms with Gasteiger partial charge >= 0.3 is 12.2 Å². The Balaban J connectivity index is 1.48. The van der Waals surface area contributed by atoms with E-state index in [1.807, 2.05) is 30.3 Å². The predicted molar refractivity (Wildman–Crippen MR) is 188 cm³/mol. The molecule has 2 saturated heterocycles. The van der Waals surface area contributed by atoms with Crippen LogP contribution in [0.1, 0.15) is 72.8 Å². The molecule has 0 bridgehead atoms. The van der Waals surface area contributed by atoms with E-state index in [-0.39, 0.29) is 34.8 Å². The SMILES string of the molecule is CC(C)[Si](C#Cc1cccc2cccc(-c3ncc4c(OCC(F)(F)F)nc(OCC56CCCN5CCC6)nc4c3F)c12)(C(C)C)C(C)C. The topological polar surface area (TPSA) is 60.4 Å². The number of alkyl halides is 3. The third-order valence-corrected chi connectivity index (χ3v) is 17.0. The van der Waals surface area contributed by atoms with Crippen LogP contribution in [0.5, 0.6) is 11.9 Å². The average molecular weight is 693 g/mol. The first-order valence-corrected chi connectivity index (χ1v) is 19.5. The van der Waals surface area contributed by atoms with E-state index in [2.05, 4.69) is 72.9 Å². The van der Waals surface area contributed by atoms with Crippen LogP contribution in [0.2, 0.25) is 16.6 Å². The molecule has 0 atom stereocenters. The van der Waals surface area contributed by atoms with Crippen LogP contribution in [0, 0.1) is 17.3 Å². The number of fused-ring (bicyclic) bond motifs is 3. The first-order valence-electron chi connectivity index (χ1n) is 17.2. The standard InChI is InChI=1S/C38H44F4N4O2Si/c1-24(2)49(25(3)4,26(5)6)20-15-28-12-7-11-27-13-8-14-29(31(27)28)33-32(39)34-30(21-43-33)35(47-23-38(40,41)42)45-36(44-34)48-22-37-16-9-18-46(37)19-10-17-37/h7-8,11-14,21,24-26H,9-10,16-19,22-23H2,1-6H3. The van der Waals surface area contributed by atoms with Gasteiger partial charge in [-0.05, 0) is 66.8 Å². The van der Waals surface area contributed by atoms with Crippen molar-refractivity contribution in [1.29, 1.82) is 0 Å². The van der Waals surface area contributed by atoms with Crippen molar-refractivity contribution in [3.05, 3.63) is 54.0 Å². The maximum absolute atomic E-state index is 16.8. The molecule has 0 amide bonds. The zero-order valence-corrected chi connectivity index (χ0v) is 30.0. The zero-order chi connectivity index (χ0) is 35.1. The fraction of sp³-hybridized carbons (Fsp3) is 0.500. The van der Waals surface area contributed by atoms with Gasteiger partial charge in [0.05, 0.1) is 10.9 Å². The number of hydrogen-bond donors (Lipinski definition) is 0. The number of pyridine rings is 1. The first-order chi connectivity index (χ1) is 23.3. The van der Waals surface area contributed by atoms with E-state index in [4.69, 9.17) is 9.47 Å². The molecule has 2 fully saturated rings. The van der Waals surface area contributed by atoms with E-state index in [1.54, 1.807) is 6.07 Å². The number of rotatable bonds is 9. The van der Waals surface area contributed by atoms with Gasteiger partial charge in [-0.15, -0.1) is 5.54 Å². The average Bonchev–Trinajstić information content (AvgIpc) is 3.63. The summed E-state index contributed by atoms with van der Waals surface area (Å²) in [7, 11) is -2.08. The van der Waals surface area contributed by atoms with Crippen molar-refractivity contribution in [2.75, 3.05) is 26.3 Å². The lowest BCUT2D eigenvalue weighted by molar-refractivity contribution is -0.153. The second kappa shape index (κ2) is 13.5. The lowest BCUT2D eigenvalue weighted by Gasteiger charge is -2.38. The molecular formula is C38H44F4N4O2Si. The molecule has 4 aromatic rings. The van der Waals surface area contributed by atoms with Crippen LogP contribution < -0.4 is 9.47 Å². The summed E-state index contributed by atoms with van der Waals surface area (Å²) in [6.45, 7) is 14.1. The van der Waals surface area contributed by atoms with Gasteiger partial charge in [-0.1, -0.05) is 77.8 Å². The molecule has 6 rings (SSSR count). The third kappa shape index (κ3) is 6.62. The first kappa shape index (κ1) is 35.1. The van der Waals surface area contributed by atoms with Crippen molar-refractivity contribution < 1.29 is 27.0 Å². The molecular weight excluding hydrogens is 649 g/mol. The molecule has 0 saturated carbocycles. The van der Waals surface area contributed by atoms with Crippen molar-refractivity contribution in [2.45, 2.75) is 95.6 Å². The molecule has 0 spiro atoms. The molecule has 0 aliphatic carbocycles. The van der Waals surface area contributed by atoms with Crippen LogP contribution in [0.25, 0.3) is 32.9 Å². The number of hydrogen-bond acceptors (Lipinski definition) is 6. The van der Waals surface area contributed by atoms with E-state index in [0.717, 1.165) is 55.1 Å². The Morgan fingerprint density at radius 2 is 1.57 bits per heavy atom. The van der Waals surface area contributed by atoms with Gasteiger partial charge in [-0.3, -0.25) is 9.88 Å². The highest BCUT2D eigenvalue weighted by molar-refractivity contribution is 6.90. The molecule has 0 N–H and O–H groups in total. The Morgan fingerprint density at radius 1 is 0.918 bits per heavy atom. The van der Waals surface area contributed by atoms with Crippen molar-refractivity contribution in [2.24, 2.45) is 0 Å². The van der Waals surface area contributed by atoms with Crippen LogP contribution in [-0.4, -0.2) is 65.9 Å². The minimum Gasteiger partial charge on any atom is -0.467 e. The fourth-order valence-corrected chi connectivity index (χ4v) is 13.7. The van der Waals surface area contributed by atoms with Crippen molar-refractivity contribution in [3.8, 4) is 34.6 Å². The van der Waals surface area contributed by atoms with E-state index >= 15 is 4.39 Å². The Bertz CT molecular complexity index is 1880. The van der Waals surface area contributed by atoms with Crippen LogP contribution in [-0.2, 0) is 0 Å². The van der Waals surface area contributed by atoms with Gasteiger partial charge in [0, 0.05) is 22.7 Å². The van der Waals surface area contributed by atoms with Crippen LogP contribution in [0.15, 0.2) is 42.6 Å². The maximum Gasteiger partial charge on any atom is 0.422 e. The molecule has 2 aromatic carbocycles. The molecule has 2 aromatic heterocycles. The molecule has 260 valence electrons. The Hall–Kier alpha value is -3.75. The van der Waals surface area contributed by atoms with Crippen LogP contribution in [0.4, 0.5) is 17.6 Å². The van der Waals surface area contributed by atoms with E-state index in [0.29, 0.717) is 22.2 Å². The van der Waals surface area contributed by atoms with E-state index in [1.165, 1.54) is 6.20 Å². The monoisotopic (exact) mass is 692 g/mol. The minimum atomic E-state index is -4.63. The van der Waals surface area contributed by atoms with Crippen molar-refractivity contribution in [3.63, 3.8) is 0 Å². The number of benzene rings is 2. The van der Waals surface area contributed by atoms with Crippen LogP contribution >= 0.6 is 0 Å². The van der Waals surface area contributed by atoms with E-state index in [9.17, 15) is 13.2 Å². The Morgan fingerprint density at radius 3 is 2.20 bits per heavy atom. The predicted octanol–water partition coefficient (Wildman–Crippen LogP) is 9.50. The minimum absolute atomic E-state index is 0.00946. The Labute approximate surface area is 286 Å². The summed E-state index contributed by atoms with van der Waals surface area (Å²) >= 11 is 0. The molecule has 4 heterocycles. The van der Waals surface area contributed by atoms with Gasteiger partial charge in [0.2, 0.25) is 5.88 Å². The van der Waals surface area contributed by atoms with Crippen molar-refractivity contribution >= 4 is 29.7 Å². The summed E-state index contributed by atoms with van der Waals surface area (Å²) in [6, 6.07) is 11.2. The largest absolute Gasteiger partial charge is 0.467 e. The summed E-state index contributed by atoms with van der Waals surface area (Å²) in [5.41, 5.74) is 5.99. The van der Waals surface area contributed by atoms with Gasteiger partial charge < -0.3 is 9.47 Å². The second-order valence-corrected chi connectivity index (χ2v) is 20.0. The summed E-state index contributed by atoms with van der Waals surface area (Å²) < 4.78 is 67.7. The highest BCUT2D eigenvalue weighted by atomic mass is 28.3. The Kier molecular flexibility index (Phi) is 9.68. The van der Waals surface area contributed by atoms with Gasteiger partial charge in [-0.2, -0.15) is 23.1 Å². The maximum atomic E-state index is 16.8. The lowest BCUT2D eigenvalue weighted by Crippen LogP contribution is -2.43. The second-order valence-electron chi connectivity index (χ2n) is 14.5. The molecule has 2 aliphatic heterocycles. The highest BCUT2D eigenvalue weighted by Gasteiger charge is 2.45. The quantitative estimate of drug-likeness (QED) is 0.0990. The molecule has 0 radical (unpaired) electrons. The van der Waals surface area contributed by atoms with E-state index < -0.39 is 32.6 Å². The summed E-state index contributed by atoms with van der Waals surface area (Å²) in [5.74, 6) is 2.31. The van der Waals surface area contributed by atoms with Crippen LogP contribution in [0.3, 0.4) is 0 Å². The van der Waals surface area contributed by atoms with Gasteiger partial charge in [0.1, 0.15) is 25.9 Å². The lowest BCUT2D eigenvalue weighted by atomic mass is 9.95. The molecule has 2 aliphatic rings. The molecule has 11 heteroatoms. The normalized spacial score (nSPS) is 16.5. The number of ether oxygens (including phenoxy) is 2. The van der Waals surface area contributed by atoms with Gasteiger partial charge in [0.15, 0.2) is 12.4 Å². The fourth-order valence-electron chi connectivity index (χ4n) is 8.43. The number of aromatic nitrogens is 3. The third-order valence-electron chi connectivity index (χ3n) is 10.7. The smallest absolute Gasteiger partial charge is 0.422 e. The molecule has 0 unspecified atom stereocenters.